The summed E-state index contributed by atoms with van der Waals surface area (Å²) in [5.74, 6) is -2.04. The summed E-state index contributed by atoms with van der Waals surface area (Å²) in [5, 5.41) is 0. The molecule has 146 valence electrons. The van der Waals surface area contributed by atoms with Gasteiger partial charge in [-0.2, -0.15) is 0 Å². The topological polar surface area (TPSA) is 22.1 Å². The van der Waals surface area contributed by atoms with Gasteiger partial charge in [0.1, 0.15) is 5.82 Å². The number of pyridine rings is 1. The molecular formula is C23H22F3NO. The zero-order chi connectivity index (χ0) is 20.1. The van der Waals surface area contributed by atoms with Crippen LogP contribution in [0.3, 0.4) is 0 Å². The first-order valence-corrected chi connectivity index (χ1v) is 9.24. The van der Waals surface area contributed by atoms with E-state index in [2.05, 4.69) is 4.98 Å². The second-order valence-corrected chi connectivity index (χ2v) is 6.67. The molecule has 2 nitrogen and oxygen atoms in total. The normalized spacial score (nSPS) is 11.0. The van der Waals surface area contributed by atoms with E-state index in [0.29, 0.717) is 30.7 Å². The van der Waals surface area contributed by atoms with Crippen LogP contribution in [-0.4, -0.2) is 11.6 Å². The van der Waals surface area contributed by atoms with Gasteiger partial charge in [-0.1, -0.05) is 24.3 Å². The molecule has 0 spiro atoms. The highest BCUT2D eigenvalue weighted by atomic mass is 19.2. The van der Waals surface area contributed by atoms with Gasteiger partial charge in [-0.15, -0.1) is 0 Å². The van der Waals surface area contributed by atoms with E-state index in [4.69, 9.17) is 4.74 Å². The van der Waals surface area contributed by atoms with E-state index < -0.39 is 11.6 Å². The monoisotopic (exact) mass is 385 g/mol. The molecule has 0 saturated carbocycles. The average Bonchev–Trinajstić information content (AvgIpc) is 2.70. The minimum atomic E-state index is -0.924. The zero-order valence-corrected chi connectivity index (χ0v) is 15.9. The summed E-state index contributed by atoms with van der Waals surface area (Å²) < 4.78 is 47.4. The summed E-state index contributed by atoms with van der Waals surface area (Å²) in [6.45, 7) is 3.99. The van der Waals surface area contributed by atoms with E-state index in [-0.39, 0.29) is 23.6 Å². The SMILES string of the molecule is CCOCc1ccc(-c2ccc(CCc3ccc(C)c(F)c3)cn2)c(F)c1F. The summed E-state index contributed by atoms with van der Waals surface area (Å²) >= 11 is 0. The Hall–Kier alpha value is -2.66. The lowest BCUT2D eigenvalue weighted by molar-refractivity contribution is 0.131. The van der Waals surface area contributed by atoms with Gasteiger partial charge in [-0.3, -0.25) is 4.98 Å². The van der Waals surface area contributed by atoms with Gasteiger partial charge in [0.05, 0.1) is 12.3 Å². The summed E-state index contributed by atoms with van der Waals surface area (Å²) in [6.07, 6.45) is 3.00. The van der Waals surface area contributed by atoms with Crippen LogP contribution in [0.15, 0.2) is 48.7 Å². The van der Waals surface area contributed by atoms with Crippen LogP contribution < -0.4 is 0 Å². The predicted octanol–water partition coefficient (Wildman–Crippen LogP) is 5.80. The molecule has 0 bridgehead atoms. The largest absolute Gasteiger partial charge is 0.377 e. The van der Waals surface area contributed by atoms with Crippen LogP contribution in [0.2, 0.25) is 0 Å². The van der Waals surface area contributed by atoms with Gasteiger partial charge in [0.25, 0.3) is 0 Å². The number of hydrogen-bond acceptors (Lipinski definition) is 2. The van der Waals surface area contributed by atoms with Crippen molar-refractivity contribution in [1.29, 1.82) is 0 Å². The van der Waals surface area contributed by atoms with Gasteiger partial charge in [0.15, 0.2) is 11.6 Å². The fraction of sp³-hybridized carbons (Fsp3) is 0.261. The molecule has 0 aliphatic carbocycles. The van der Waals surface area contributed by atoms with Crippen LogP contribution in [0.25, 0.3) is 11.3 Å². The number of aromatic nitrogens is 1. The second-order valence-electron chi connectivity index (χ2n) is 6.67. The highest BCUT2D eigenvalue weighted by Crippen LogP contribution is 2.26. The molecule has 0 radical (unpaired) electrons. The molecule has 3 rings (SSSR count). The van der Waals surface area contributed by atoms with Crippen LogP contribution in [-0.2, 0) is 24.2 Å². The summed E-state index contributed by atoms with van der Waals surface area (Å²) in [6, 6.07) is 11.7. The minimum absolute atomic E-state index is 0.0332. The maximum Gasteiger partial charge on any atom is 0.168 e. The van der Waals surface area contributed by atoms with Crippen molar-refractivity contribution in [2.75, 3.05) is 6.61 Å². The predicted molar refractivity (Wildman–Crippen MR) is 103 cm³/mol. The van der Waals surface area contributed by atoms with Crippen LogP contribution in [0.4, 0.5) is 13.2 Å². The maximum absolute atomic E-state index is 14.4. The molecule has 0 atom stereocenters. The molecule has 0 unspecified atom stereocenters. The number of nitrogens with zero attached hydrogens (tertiary/aromatic N) is 1. The molecule has 1 heterocycles. The third-order valence-corrected chi connectivity index (χ3v) is 4.66. The number of benzene rings is 2. The average molecular weight is 385 g/mol. The Kier molecular flexibility index (Phi) is 6.47. The quantitative estimate of drug-likeness (QED) is 0.513. The number of aryl methyl sites for hydroxylation is 3. The number of hydrogen-bond donors (Lipinski definition) is 0. The molecule has 3 aromatic rings. The van der Waals surface area contributed by atoms with Crippen LogP contribution in [0.5, 0.6) is 0 Å². The van der Waals surface area contributed by atoms with Gasteiger partial charge < -0.3 is 4.74 Å². The van der Waals surface area contributed by atoms with Gasteiger partial charge in [-0.05, 0) is 61.6 Å². The fourth-order valence-electron chi connectivity index (χ4n) is 2.92. The molecule has 0 amide bonds. The van der Waals surface area contributed by atoms with Crippen molar-refractivity contribution in [3.05, 3.63) is 88.4 Å². The van der Waals surface area contributed by atoms with E-state index in [1.54, 1.807) is 38.2 Å². The van der Waals surface area contributed by atoms with Crippen LogP contribution in [0.1, 0.15) is 29.2 Å². The van der Waals surface area contributed by atoms with E-state index in [9.17, 15) is 13.2 Å². The molecule has 0 aliphatic heterocycles. The van der Waals surface area contributed by atoms with Gasteiger partial charge in [-0.25, -0.2) is 13.2 Å². The number of rotatable bonds is 7. The standard InChI is InChI=1S/C23H22F3NO/c1-3-28-14-18-9-10-19(23(26)22(18)25)21-11-8-17(13-27-21)7-6-16-5-4-15(2)20(24)12-16/h4-5,8-13H,3,6-7,14H2,1-2H3. The first-order chi connectivity index (χ1) is 13.5. The molecule has 1 aromatic heterocycles. The Morgan fingerprint density at radius 2 is 1.64 bits per heavy atom. The maximum atomic E-state index is 14.4. The lowest BCUT2D eigenvalue weighted by atomic mass is 10.0. The highest BCUT2D eigenvalue weighted by molar-refractivity contribution is 5.60. The third kappa shape index (κ3) is 4.60. The van der Waals surface area contributed by atoms with Crippen LogP contribution >= 0.6 is 0 Å². The van der Waals surface area contributed by atoms with E-state index >= 15 is 0 Å². The van der Waals surface area contributed by atoms with Crippen molar-refractivity contribution in [2.24, 2.45) is 0 Å². The van der Waals surface area contributed by atoms with Gasteiger partial charge >= 0.3 is 0 Å². The van der Waals surface area contributed by atoms with Gasteiger partial charge in [0.2, 0.25) is 0 Å². The lowest BCUT2D eigenvalue weighted by Crippen LogP contribution is -2.01. The molecule has 28 heavy (non-hydrogen) atoms. The van der Waals surface area contributed by atoms with Crippen molar-refractivity contribution in [1.82, 2.24) is 4.98 Å². The van der Waals surface area contributed by atoms with Crippen molar-refractivity contribution >= 4 is 0 Å². The summed E-state index contributed by atoms with van der Waals surface area (Å²) in [4.78, 5) is 4.27. The smallest absolute Gasteiger partial charge is 0.168 e. The molecule has 2 aromatic carbocycles. The Labute approximate surface area is 163 Å². The van der Waals surface area contributed by atoms with Crippen molar-refractivity contribution in [3.63, 3.8) is 0 Å². The Morgan fingerprint density at radius 3 is 2.32 bits per heavy atom. The van der Waals surface area contributed by atoms with Crippen molar-refractivity contribution in [2.45, 2.75) is 33.3 Å². The molecule has 5 heteroatoms. The highest BCUT2D eigenvalue weighted by Gasteiger charge is 2.15. The first-order valence-electron chi connectivity index (χ1n) is 9.24. The third-order valence-electron chi connectivity index (χ3n) is 4.66. The molecule has 0 fully saturated rings. The van der Waals surface area contributed by atoms with E-state index in [0.717, 1.165) is 11.1 Å². The zero-order valence-electron chi connectivity index (χ0n) is 15.9. The Morgan fingerprint density at radius 1 is 0.893 bits per heavy atom. The molecule has 0 N–H and O–H groups in total. The Bertz CT molecular complexity index is 955. The fourth-order valence-corrected chi connectivity index (χ4v) is 2.92. The minimum Gasteiger partial charge on any atom is -0.377 e. The lowest BCUT2D eigenvalue weighted by Gasteiger charge is -2.09. The Balaban J connectivity index is 1.71. The van der Waals surface area contributed by atoms with Crippen molar-refractivity contribution < 1.29 is 17.9 Å². The van der Waals surface area contributed by atoms with E-state index in [1.807, 2.05) is 12.1 Å². The van der Waals surface area contributed by atoms with Crippen LogP contribution in [0, 0.1) is 24.4 Å². The second kappa shape index (κ2) is 9.02. The summed E-state index contributed by atoms with van der Waals surface area (Å²) in [7, 11) is 0. The van der Waals surface area contributed by atoms with Gasteiger partial charge in [0, 0.05) is 23.9 Å². The first kappa shape index (κ1) is 20.1. The van der Waals surface area contributed by atoms with E-state index in [1.165, 1.54) is 12.1 Å². The molecule has 0 saturated heterocycles. The number of ether oxygens (including phenoxy) is 1. The van der Waals surface area contributed by atoms with Crippen molar-refractivity contribution in [3.8, 4) is 11.3 Å². The molecule has 0 aliphatic rings. The number of halogens is 3. The summed E-state index contributed by atoms with van der Waals surface area (Å²) in [5.41, 5.74) is 3.14. The molecular weight excluding hydrogens is 363 g/mol.